The molecule has 0 radical (unpaired) electrons. The highest BCUT2D eigenvalue weighted by Gasteiger charge is 2.17. The number of benzene rings is 2. The van der Waals surface area contributed by atoms with Crippen molar-refractivity contribution in [3.05, 3.63) is 53.1 Å². The van der Waals surface area contributed by atoms with Crippen molar-refractivity contribution in [2.24, 2.45) is 0 Å². The second-order valence-electron chi connectivity index (χ2n) is 6.79. The second kappa shape index (κ2) is 10.5. The normalized spacial score (nSPS) is 13.7. The first-order chi connectivity index (χ1) is 14.1. The lowest BCUT2D eigenvalue weighted by Crippen LogP contribution is -2.34. The van der Waals surface area contributed by atoms with Crippen LogP contribution in [0.1, 0.15) is 31.7 Å². The van der Waals surface area contributed by atoms with Crippen LogP contribution in [-0.2, 0) is 4.79 Å². The van der Waals surface area contributed by atoms with E-state index in [1.54, 1.807) is 24.3 Å². The summed E-state index contributed by atoms with van der Waals surface area (Å²) >= 11 is 11.6. The lowest BCUT2D eigenvalue weighted by atomic mass is 10.1. The first-order valence-corrected chi connectivity index (χ1v) is 10.6. The zero-order valence-electron chi connectivity index (χ0n) is 16.4. The summed E-state index contributed by atoms with van der Waals surface area (Å²) in [6.45, 7) is 4.24. The van der Waals surface area contributed by atoms with Crippen LogP contribution in [0.3, 0.4) is 0 Å². The van der Waals surface area contributed by atoms with Gasteiger partial charge in [-0.05, 0) is 62.6 Å². The van der Waals surface area contributed by atoms with E-state index in [1.165, 1.54) is 19.3 Å². The monoisotopic (exact) mass is 432 g/mol. The van der Waals surface area contributed by atoms with Crippen LogP contribution in [0.4, 0.5) is 5.69 Å². The van der Waals surface area contributed by atoms with Gasteiger partial charge in [-0.15, -0.1) is 0 Å². The number of hydrogen-bond acceptors (Lipinski definition) is 4. The van der Waals surface area contributed by atoms with Gasteiger partial charge in [0.05, 0.1) is 6.61 Å². The first-order valence-electron chi connectivity index (χ1n) is 9.81. The summed E-state index contributed by atoms with van der Waals surface area (Å²) in [6.07, 6.45) is 3.59. The summed E-state index contributed by atoms with van der Waals surface area (Å²) in [4.78, 5) is 15.3. The molecule has 7 heteroatoms. The van der Waals surface area contributed by atoms with Gasteiger partial charge in [-0.25, -0.2) is 0 Å². The van der Waals surface area contributed by atoms with Crippen molar-refractivity contribution in [2.45, 2.75) is 26.2 Å². The lowest BCUT2D eigenvalue weighted by molar-refractivity contribution is -0.118. The van der Waals surface area contributed by atoms with Crippen LogP contribution in [0.15, 0.2) is 42.5 Å². The third-order valence-corrected chi connectivity index (χ3v) is 5.33. The largest absolute Gasteiger partial charge is 0.490 e. The standard InChI is InChI=1S/C22H25ClN2O3S/c1-2-27-20-13-16(22(29)25-11-4-3-5-12-25)9-10-19(20)28-15-21(26)24-18-8-6-7-17(23)14-18/h6-10,13-14H,2-5,11-12,15H2,1H3,(H,24,26). The van der Waals surface area contributed by atoms with E-state index in [4.69, 9.17) is 33.3 Å². The quantitative estimate of drug-likeness (QED) is 0.629. The van der Waals surface area contributed by atoms with Crippen LogP contribution < -0.4 is 14.8 Å². The second-order valence-corrected chi connectivity index (χ2v) is 7.62. The molecule has 1 aliphatic rings. The molecular weight excluding hydrogens is 408 g/mol. The van der Waals surface area contributed by atoms with E-state index in [0.717, 1.165) is 23.6 Å². The number of likely N-dealkylation sites (tertiary alicyclic amines) is 1. The van der Waals surface area contributed by atoms with Crippen molar-refractivity contribution < 1.29 is 14.3 Å². The molecule has 2 aromatic carbocycles. The molecule has 0 aliphatic carbocycles. The number of piperidine rings is 1. The highest BCUT2D eigenvalue weighted by atomic mass is 35.5. The molecular formula is C22H25ClN2O3S. The molecule has 1 fully saturated rings. The summed E-state index contributed by atoms with van der Waals surface area (Å²) in [7, 11) is 0. The van der Waals surface area contributed by atoms with E-state index < -0.39 is 0 Å². The van der Waals surface area contributed by atoms with E-state index in [2.05, 4.69) is 10.2 Å². The number of nitrogens with one attached hydrogen (secondary N) is 1. The number of hydrogen-bond donors (Lipinski definition) is 1. The predicted molar refractivity (Wildman–Crippen MR) is 120 cm³/mol. The van der Waals surface area contributed by atoms with Gasteiger partial charge in [0.15, 0.2) is 18.1 Å². The van der Waals surface area contributed by atoms with Crippen LogP contribution >= 0.6 is 23.8 Å². The molecule has 0 saturated carbocycles. The maximum absolute atomic E-state index is 12.2. The van der Waals surface area contributed by atoms with Gasteiger partial charge in [-0.2, -0.15) is 0 Å². The van der Waals surface area contributed by atoms with E-state index in [-0.39, 0.29) is 12.5 Å². The Hall–Kier alpha value is -2.31. The Morgan fingerprint density at radius 2 is 1.90 bits per heavy atom. The number of carbonyl (C=O) groups excluding carboxylic acids is 1. The minimum atomic E-state index is -0.275. The van der Waals surface area contributed by atoms with Gasteiger partial charge in [0, 0.05) is 29.4 Å². The van der Waals surface area contributed by atoms with E-state index in [0.29, 0.717) is 28.8 Å². The number of nitrogens with zero attached hydrogens (tertiary/aromatic N) is 1. The van der Waals surface area contributed by atoms with Gasteiger partial charge in [0.1, 0.15) is 4.99 Å². The third kappa shape index (κ3) is 6.08. The lowest BCUT2D eigenvalue weighted by Gasteiger charge is -2.29. The SMILES string of the molecule is CCOc1cc(C(=S)N2CCCCC2)ccc1OCC(=O)Nc1cccc(Cl)c1. The molecule has 0 aromatic heterocycles. The Balaban J connectivity index is 1.65. The molecule has 154 valence electrons. The number of thiocarbonyl (C=S) groups is 1. The first kappa shape index (κ1) is 21.4. The molecule has 0 atom stereocenters. The van der Waals surface area contributed by atoms with E-state index in [9.17, 15) is 4.79 Å². The fraction of sp³-hybridized carbons (Fsp3) is 0.364. The Labute approximate surface area is 181 Å². The van der Waals surface area contributed by atoms with Gasteiger partial charge < -0.3 is 19.7 Å². The van der Waals surface area contributed by atoms with Crippen LogP contribution in [0.5, 0.6) is 11.5 Å². The van der Waals surface area contributed by atoms with Crippen LogP contribution in [0.25, 0.3) is 0 Å². The van der Waals surface area contributed by atoms with Crippen molar-refractivity contribution in [3.63, 3.8) is 0 Å². The molecule has 1 N–H and O–H groups in total. The number of carbonyl (C=O) groups is 1. The minimum Gasteiger partial charge on any atom is -0.490 e. The molecule has 1 heterocycles. The average Bonchev–Trinajstić information content (AvgIpc) is 2.73. The highest BCUT2D eigenvalue weighted by Crippen LogP contribution is 2.30. The zero-order chi connectivity index (χ0) is 20.6. The Bertz CT molecular complexity index is 869. The van der Waals surface area contributed by atoms with E-state index >= 15 is 0 Å². The van der Waals surface area contributed by atoms with Gasteiger partial charge >= 0.3 is 0 Å². The number of anilines is 1. The maximum atomic E-state index is 12.2. The molecule has 3 rings (SSSR count). The van der Waals surface area contributed by atoms with E-state index in [1.807, 2.05) is 25.1 Å². The zero-order valence-corrected chi connectivity index (χ0v) is 18.0. The average molecular weight is 433 g/mol. The van der Waals surface area contributed by atoms with Crippen molar-refractivity contribution >= 4 is 40.4 Å². The third-order valence-electron chi connectivity index (χ3n) is 4.60. The van der Waals surface area contributed by atoms with Crippen molar-refractivity contribution in [1.29, 1.82) is 0 Å². The highest BCUT2D eigenvalue weighted by molar-refractivity contribution is 7.80. The number of rotatable bonds is 7. The summed E-state index contributed by atoms with van der Waals surface area (Å²) in [5.74, 6) is 0.820. The minimum absolute atomic E-state index is 0.136. The summed E-state index contributed by atoms with van der Waals surface area (Å²) in [5, 5.41) is 3.32. The molecule has 1 aliphatic heterocycles. The molecule has 0 spiro atoms. The number of ether oxygens (including phenoxy) is 2. The summed E-state index contributed by atoms with van der Waals surface area (Å²) < 4.78 is 11.4. The number of amides is 1. The molecule has 0 bridgehead atoms. The van der Waals surface area contributed by atoms with Gasteiger partial charge in [-0.3, -0.25) is 4.79 Å². The molecule has 1 saturated heterocycles. The summed E-state index contributed by atoms with van der Waals surface area (Å²) in [6, 6.07) is 12.6. The van der Waals surface area contributed by atoms with Crippen molar-refractivity contribution in [3.8, 4) is 11.5 Å². The fourth-order valence-corrected chi connectivity index (χ4v) is 3.71. The summed E-state index contributed by atoms with van der Waals surface area (Å²) in [5.41, 5.74) is 1.56. The fourth-order valence-electron chi connectivity index (χ4n) is 3.21. The topological polar surface area (TPSA) is 50.8 Å². The van der Waals surface area contributed by atoms with Gasteiger partial charge in [0.25, 0.3) is 5.91 Å². The van der Waals surface area contributed by atoms with Gasteiger partial charge in [-0.1, -0.05) is 29.9 Å². The molecule has 29 heavy (non-hydrogen) atoms. The van der Waals surface area contributed by atoms with Crippen LogP contribution in [-0.4, -0.2) is 42.1 Å². The molecule has 1 amide bonds. The maximum Gasteiger partial charge on any atom is 0.262 e. The molecule has 0 unspecified atom stereocenters. The van der Waals surface area contributed by atoms with Crippen LogP contribution in [0, 0.1) is 0 Å². The number of halogens is 1. The van der Waals surface area contributed by atoms with Crippen molar-refractivity contribution in [2.75, 3.05) is 31.6 Å². The Morgan fingerprint density at radius 1 is 1.10 bits per heavy atom. The Morgan fingerprint density at radius 3 is 2.62 bits per heavy atom. The Kier molecular flexibility index (Phi) is 7.72. The smallest absolute Gasteiger partial charge is 0.262 e. The predicted octanol–water partition coefficient (Wildman–Crippen LogP) is 4.92. The molecule has 2 aromatic rings. The van der Waals surface area contributed by atoms with Crippen LogP contribution in [0.2, 0.25) is 5.02 Å². The van der Waals surface area contributed by atoms with Gasteiger partial charge in [0.2, 0.25) is 0 Å². The molecule has 5 nitrogen and oxygen atoms in total. The van der Waals surface area contributed by atoms with Crippen molar-refractivity contribution in [1.82, 2.24) is 4.90 Å².